The van der Waals surface area contributed by atoms with Crippen LogP contribution in [-0.4, -0.2) is 40.8 Å². The van der Waals surface area contributed by atoms with Crippen LogP contribution >= 0.6 is 0 Å². The Morgan fingerprint density at radius 1 is 1.58 bits per heavy atom. The highest BCUT2D eigenvalue weighted by Crippen LogP contribution is 2.24. The number of rotatable bonds is 4. The number of anilines is 1. The first-order valence-electron chi connectivity index (χ1n) is 4.77. The number of carboxylic acid groups (broad SMARTS) is 1. The van der Waals surface area contributed by atoms with Crippen molar-refractivity contribution in [3.8, 4) is 0 Å². The van der Waals surface area contributed by atoms with Gasteiger partial charge in [-0.2, -0.15) is 13.2 Å². The van der Waals surface area contributed by atoms with Crippen LogP contribution in [0.25, 0.3) is 0 Å². The maximum absolute atomic E-state index is 12.2. The number of carbonyl (C=O) groups is 1. The maximum Gasteiger partial charge on any atom is 0.405 e. The molecule has 7 nitrogen and oxygen atoms in total. The second-order valence-corrected chi connectivity index (χ2v) is 3.59. The van der Waals surface area contributed by atoms with Gasteiger partial charge in [-0.3, -0.25) is 10.1 Å². The summed E-state index contributed by atoms with van der Waals surface area (Å²) in [6, 6.07) is 0.728. The van der Waals surface area contributed by atoms with E-state index in [4.69, 9.17) is 5.11 Å². The standard InChI is InChI=1S/C9H8F3N3O4/c1-14(4-9(10,11)12)7-2-5(8(16)17)6(3-13-7)15(18)19/h2-3H,4H2,1H3,(H,16,17). The lowest BCUT2D eigenvalue weighted by Crippen LogP contribution is -2.31. The number of aromatic nitrogens is 1. The van der Waals surface area contributed by atoms with Crippen LogP contribution in [0.5, 0.6) is 0 Å². The Labute approximate surface area is 104 Å². The van der Waals surface area contributed by atoms with Gasteiger partial charge in [0, 0.05) is 13.1 Å². The first-order chi connectivity index (χ1) is 8.61. The quantitative estimate of drug-likeness (QED) is 0.665. The third-order valence-corrected chi connectivity index (χ3v) is 2.10. The summed E-state index contributed by atoms with van der Waals surface area (Å²) in [5.74, 6) is -1.93. The van der Waals surface area contributed by atoms with E-state index in [0.29, 0.717) is 11.1 Å². The first-order valence-corrected chi connectivity index (χ1v) is 4.77. The zero-order valence-corrected chi connectivity index (χ0v) is 9.51. The van der Waals surface area contributed by atoms with Crippen molar-refractivity contribution in [3.63, 3.8) is 0 Å². The Morgan fingerprint density at radius 2 is 2.16 bits per heavy atom. The molecule has 0 amide bonds. The first kappa shape index (κ1) is 14.7. The fourth-order valence-electron chi connectivity index (χ4n) is 1.31. The van der Waals surface area contributed by atoms with Crippen LogP contribution in [0.1, 0.15) is 10.4 Å². The monoisotopic (exact) mass is 279 g/mol. The number of hydrogen-bond donors (Lipinski definition) is 1. The molecule has 0 bridgehead atoms. The van der Waals surface area contributed by atoms with Crippen molar-refractivity contribution in [2.45, 2.75) is 6.18 Å². The SMILES string of the molecule is CN(CC(F)(F)F)c1cc(C(=O)O)c([N+](=O)[O-])cn1. The molecular formula is C9H8F3N3O4. The maximum atomic E-state index is 12.2. The van der Waals surface area contributed by atoms with E-state index in [-0.39, 0.29) is 5.82 Å². The van der Waals surface area contributed by atoms with Crippen LogP contribution in [0, 0.1) is 10.1 Å². The number of nitro groups is 1. The van der Waals surface area contributed by atoms with E-state index in [1.165, 1.54) is 0 Å². The van der Waals surface area contributed by atoms with Crippen LogP contribution in [-0.2, 0) is 0 Å². The molecule has 0 unspecified atom stereocenters. The molecule has 104 valence electrons. The molecule has 0 radical (unpaired) electrons. The molecule has 1 aromatic rings. The number of aromatic carboxylic acids is 1. The molecule has 0 aromatic carbocycles. The lowest BCUT2D eigenvalue weighted by atomic mass is 10.2. The van der Waals surface area contributed by atoms with E-state index < -0.39 is 34.9 Å². The van der Waals surface area contributed by atoms with Gasteiger partial charge < -0.3 is 10.0 Å². The summed E-state index contributed by atoms with van der Waals surface area (Å²) in [4.78, 5) is 24.5. The van der Waals surface area contributed by atoms with Crippen LogP contribution in [0.4, 0.5) is 24.7 Å². The third kappa shape index (κ3) is 3.79. The smallest absolute Gasteiger partial charge is 0.405 e. The highest BCUT2D eigenvalue weighted by atomic mass is 19.4. The third-order valence-electron chi connectivity index (χ3n) is 2.10. The fraction of sp³-hybridized carbons (Fsp3) is 0.333. The van der Waals surface area contributed by atoms with E-state index >= 15 is 0 Å². The number of alkyl halides is 3. The summed E-state index contributed by atoms with van der Waals surface area (Å²) in [7, 11) is 1.05. The van der Waals surface area contributed by atoms with E-state index in [0.717, 1.165) is 13.1 Å². The van der Waals surface area contributed by atoms with Crippen molar-refractivity contribution in [2.24, 2.45) is 0 Å². The van der Waals surface area contributed by atoms with Crippen molar-refractivity contribution < 1.29 is 28.0 Å². The van der Waals surface area contributed by atoms with Gasteiger partial charge in [-0.15, -0.1) is 0 Å². The van der Waals surface area contributed by atoms with Crippen molar-refractivity contribution in [1.82, 2.24) is 4.98 Å². The van der Waals surface area contributed by atoms with Gasteiger partial charge in [0.05, 0.1) is 4.92 Å². The van der Waals surface area contributed by atoms with E-state index in [1.54, 1.807) is 0 Å². The molecular weight excluding hydrogens is 271 g/mol. The second kappa shape index (κ2) is 5.08. The molecule has 0 aliphatic heterocycles. The molecule has 10 heteroatoms. The summed E-state index contributed by atoms with van der Waals surface area (Å²) in [5.41, 5.74) is -1.50. The Hall–Kier alpha value is -2.39. The molecule has 0 fully saturated rings. The molecule has 1 heterocycles. The van der Waals surface area contributed by atoms with Gasteiger partial charge in [-0.25, -0.2) is 9.78 Å². The number of halogens is 3. The minimum atomic E-state index is -4.50. The minimum Gasteiger partial charge on any atom is -0.477 e. The van der Waals surface area contributed by atoms with Crippen LogP contribution in [0.3, 0.4) is 0 Å². The highest BCUT2D eigenvalue weighted by molar-refractivity contribution is 5.93. The predicted octanol–water partition coefficient (Wildman–Crippen LogP) is 1.69. The van der Waals surface area contributed by atoms with Gasteiger partial charge in [-0.1, -0.05) is 0 Å². The minimum absolute atomic E-state index is 0.319. The Morgan fingerprint density at radius 3 is 2.58 bits per heavy atom. The highest BCUT2D eigenvalue weighted by Gasteiger charge is 2.31. The molecule has 0 aliphatic carbocycles. The molecule has 0 saturated carbocycles. The summed E-state index contributed by atoms with van der Waals surface area (Å²) < 4.78 is 36.5. The van der Waals surface area contributed by atoms with E-state index in [2.05, 4.69) is 4.98 Å². The molecule has 1 rings (SSSR count). The number of nitrogens with zero attached hydrogens (tertiary/aromatic N) is 3. The second-order valence-electron chi connectivity index (χ2n) is 3.59. The van der Waals surface area contributed by atoms with Gasteiger partial charge in [0.1, 0.15) is 24.1 Å². The topological polar surface area (TPSA) is 96.6 Å². The molecule has 0 atom stereocenters. The van der Waals surface area contributed by atoms with Crippen LogP contribution in [0.2, 0.25) is 0 Å². The van der Waals surface area contributed by atoms with Gasteiger partial charge in [-0.05, 0) is 0 Å². The number of carboxylic acids is 1. The largest absolute Gasteiger partial charge is 0.477 e. The van der Waals surface area contributed by atoms with Gasteiger partial charge in [0.25, 0.3) is 0 Å². The fourth-order valence-corrected chi connectivity index (χ4v) is 1.31. The summed E-state index contributed by atoms with van der Waals surface area (Å²) in [6.45, 7) is -1.35. The van der Waals surface area contributed by atoms with Crippen LogP contribution < -0.4 is 4.90 Å². The average molecular weight is 279 g/mol. The molecule has 0 aliphatic rings. The van der Waals surface area contributed by atoms with E-state index in [1.807, 2.05) is 0 Å². The Kier molecular flexibility index (Phi) is 3.92. The van der Waals surface area contributed by atoms with Gasteiger partial charge in [0.2, 0.25) is 0 Å². The van der Waals surface area contributed by atoms with Crippen molar-refractivity contribution in [2.75, 3.05) is 18.5 Å². The number of pyridine rings is 1. The summed E-state index contributed by atoms with van der Waals surface area (Å²) >= 11 is 0. The molecule has 1 N–H and O–H groups in total. The van der Waals surface area contributed by atoms with E-state index in [9.17, 15) is 28.1 Å². The van der Waals surface area contributed by atoms with Gasteiger partial charge in [0.15, 0.2) is 0 Å². The zero-order valence-electron chi connectivity index (χ0n) is 9.51. The van der Waals surface area contributed by atoms with Crippen LogP contribution in [0.15, 0.2) is 12.3 Å². The summed E-state index contributed by atoms with van der Waals surface area (Å²) in [6.07, 6.45) is -3.88. The molecule has 19 heavy (non-hydrogen) atoms. The predicted molar refractivity (Wildman–Crippen MR) is 57.2 cm³/mol. The van der Waals surface area contributed by atoms with Crippen molar-refractivity contribution in [3.05, 3.63) is 27.9 Å². The molecule has 0 saturated heterocycles. The lowest BCUT2D eigenvalue weighted by molar-refractivity contribution is -0.385. The zero-order chi connectivity index (χ0) is 14.8. The normalized spacial score (nSPS) is 11.2. The Balaban J connectivity index is 3.15. The lowest BCUT2D eigenvalue weighted by Gasteiger charge is -2.19. The molecule has 0 spiro atoms. The average Bonchev–Trinajstić information content (AvgIpc) is 2.25. The van der Waals surface area contributed by atoms with Crippen molar-refractivity contribution >= 4 is 17.5 Å². The Bertz CT molecular complexity index is 518. The summed E-state index contributed by atoms with van der Waals surface area (Å²) in [5, 5.41) is 19.3. The molecule has 1 aromatic heterocycles. The number of hydrogen-bond acceptors (Lipinski definition) is 5. The van der Waals surface area contributed by atoms with Crippen molar-refractivity contribution in [1.29, 1.82) is 0 Å². The van der Waals surface area contributed by atoms with Gasteiger partial charge >= 0.3 is 17.8 Å².